The Kier molecular flexibility index (Phi) is 3.79. The molecule has 0 aliphatic rings. The zero-order valence-corrected chi connectivity index (χ0v) is 13.5. The second-order valence-corrected chi connectivity index (χ2v) is 5.85. The Labute approximate surface area is 130 Å². The number of nitrogens with one attached hydrogen (secondary N) is 1. The predicted molar refractivity (Wildman–Crippen MR) is 88.2 cm³/mol. The highest BCUT2D eigenvalue weighted by atomic mass is 15.3. The van der Waals surface area contributed by atoms with Crippen LogP contribution in [0.25, 0.3) is 5.65 Å². The molecule has 3 rings (SSSR count). The molecule has 0 saturated carbocycles. The molecule has 1 unspecified atom stereocenters. The van der Waals surface area contributed by atoms with E-state index in [9.17, 15) is 0 Å². The molecule has 114 valence electrons. The third kappa shape index (κ3) is 2.93. The summed E-state index contributed by atoms with van der Waals surface area (Å²) in [6.07, 6.45) is 2.72. The highest BCUT2D eigenvalue weighted by Crippen LogP contribution is 2.16. The van der Waals surface area contributed by atoms with Gasteiger partial charge in [0.25, 0.3) is 0 Å². The van der Waals surface area contributed by atoms with Gasteiger partial charge in [0.2, 0.25) is 0 Å². The fourth-order valence-electron chi connectivity index (χ4n) is 2.64. The largest absolute Gasteiger partial charge is 0.367 e. The molecule has 3 aromatic heterocycles. The number of pyridine rings is 1. The van der Waals surface area contributed by atoms with Crippen LogP contribution in [0.4, 0.5) is 5.82 Å². The van der Waals surface area contributed by atoms with Crippen molar-refractivity contribution in [3.63, 3.8) is 0 Å². The molecular formula is C17H21N5. The fourth-order valence-corrected chi connectivity index (χ4v) is 2.64. The molecule has 0 fully saturated rings. The molecule has 3 heterocycles. The molecule has 0 radical (unpaired) electrons. The predicted octanol–water partition coefficient (Wildman–Crippen LogP) is 3.09. The Bertz CT molecular complexity index is 806. The topological polar surface area (TPSA) is 55.1 Å². The van der Waals surface area contributed by atoms with Crippen LogP contribution in [-0.2, 0) is 6.42 Å². The number of hydrogen-bond donors (Lipinski definition) is 1. The summed E-state index contributed by atoms with van der Waals surface area (Å²) < 4.78 is 1.87. The van der Waals surface area contributed by atoms with Crippen molar-refractivity contribution in [3.8, 4) is 0 Å². The Hall–Kier alpha value is -2.43. The van der Waals surface area contributed by atoms with E-state index in [1.54, 1.807) is 0 Å². The fraction of sp³-hybridized carbons (Fsp3) is 0.353. The van der Waals surface area contributed by atoms with Gasteiger partial charge in [-0.3, -0.25) is 4.98 Å². The number of fused-ring (bicyclic) bond motifs is 1. The van der Waals surface area contributed by atoms with Gasteiger partial charge in [0.05, 0.1) is 5.69 Å². The smallest absolute Gasteiger partial charge is 0.157 e. The molecule has 0 bridgehead atoms. The van der Waals surface area contributed by atoms with Crippen LogP contribution in [0.15, 0.2) is 30.5 Å². The van der Waals surface area contributed by atoms with Crippen LogP contribution in [0.5, 0.6) is 0 Å². The number of anilines is 1. The van der Waals surface area contributed by atoms with E-state index in [0.29, 0.717) is 0 Å². The standard InChI is InChI=1S/C17H21N5/c1-11-6-5-7-18-15(11)8-12(2)19-16-9-13(3)20-17-10-14(4)21-22(16)17/h5-7,9-10,12,19H,8H2,1-4H3. The molecule has 0 amide bonds. The van der Waals surface area contributed by atoms with Crippen molar-refractivity contribution >= 4 is 11.5 Å². The SMILES string of the molecule is Cc1cc(NC(C)Cc2ncccc2C)n2nc(C)cc2n1. The van der Waals surface area contributed by atoms with Crippen LogP contribution in [0.2, 0.25) is 0 Å². The Morgan fingerprint density at radius 1 is 1.18 bits per heavy atom. The van der Waals surface area contributed by atoms with Crippen LogP contribution >= 0.6 is 0 Å². The van der Waals surface area contributed by atoms with Gasteiger partial charge in [-0.05, 0) is 39.3 Å². The number of nitrogens with zero attached hydrogens (tertiary/aromatic N) is 4. The van der Waals surface area contributed by atoms with Gasteiger partial charge in [-0.15, -0.1) is 0 Å². The lowest BCUT2D eigenvalue weighted by atomic mass is 10.1. The molecule has 5 nitrogen and oxygen atoms in total. The summed E-state index contributed by atoms with van der Waals surface area (Å²) in [4.78, 5) is 8.98. The van der Waals surface area contributed by atoms with E-state index in [2.05, 4.69) is 40.3 Å². The van der Waals surface area contributed by atoms with Gasteiger partial charge in [0.15, 0.2) is 5.65 Å². The molecular weight excluding hydrogens is 274 g/mol. The lowest BCUT2D eigenvalue weighted by Gasteiger charge is -2.17. The molecule has 0 aromatic carbocycles. The van der Waals surface area contributed by atoms with Crippen LogP contribution < -0.4 is 5.32 Å². The first-order chi connectivity index (χ1) is 10.5. The monoisotopic (exact) mass is 295 g/mol. The van der Waals surface area contributed by atoms with Crippen molar-refractivity contribution in [2.75, 3.05) is 5.32 Å². The lowest BCUT2D eigenvalue weighted by molar-refractivity contribution is 0.748. The minimum absolute atomic E-state index is 0.253. The van der Waals surface area contributed by atoms with Gasteiger partial charge in [-0.1, -0.05) is 6.07 Å². The first kappa shape index (κ1) is 14.5. The van der Waals surface area contributed by atoms with Crippen LogP contribution in [0.1, 0.15) is 29.6 Å². The Balaban J connectivity index is 1.85. The van der Waals surface area contributed by atoms with E-state index < -0.39 is 0 Å². The van der Waals surface area contributed by atoms with Crippen molar-refractivity contribution in [2.24, 2.45) is 0 Å². The van der Waals surface area contributed by atoms with Gasteiger partial charge in [0, 0.05) is 42.2 Å². The lowest BCUT2D eigenvalue weighted by Crippen LogP contribution is -2.21. The molecule has 0 aliphatic heterocycles. The van der Waals surface area contributed by atoms with E-state index in [-0.39, 0.29) is 6.04 Å². The Morgan fingerprint density at radius 3 is 2.77 bits per heavy atom. The summed E-state index contributed by atoms with van der Waals surface area (Å²) in [6.45, 7) is 8.24. The first-order valence-electron chi connectivity index (χ1n) is 7.54. The van der Waals surface area contributed by atoms with E-state index in [1.807, 2.05) is 42.8 Å². The maximum Gasteiger partial charge on any atom is 0.157 e. The van der Waals surface area contributed by atoms with Gasteiger partial charge < -0.3 is 5.32 Å². The summed E-state index contributed by atoms with van der Waals surface area (Å²) in [5, 5.41) is 8.04. The van der Waals surface area contributed by atoms with E-state index in [1.165, 1.54) is 5.56 Å². The summed E-state index contributed by atoms with van der Waals surface area (Å²) in [5.41, 5.74) is 5.18. The zero-order valence-electron chi connectivity index (χ0n) is 13.5. The second kappa shape index (κ2) is 5.75. The van der Waals surface area contributed by atoms with Crippen LogP contribution in [0, 0.1) is 20.8 Å². The van der Waals surface area contributed by atoms with Crippen molar-refractivity contribution in [1.29, 1.82) is 0 Å². The highest BCUT2D eigenvalue weighted by molar-refractivity contribution is 5.50. The summed E-state index contributed by atoms with van der Waals surface area (Å²) in [7, 11) is 0. The number of aryl methyl sites for hydroxylation is 3. The van der Waals surface area contributed by atoms with Crippen molar-refractivity contribution < 1.29 is 0 Å². The zero-order chi connectivity index (χ0) is 15.7. The molecule has 5 heteroatoms. The minimum atomic E-state index is 0.253. The van der Waals surface area contributed by atoms with E-state index in [0.717, 1.165) is 35.0 Å². The van der Waals surface area contributed by atoms with Crippen molar-refractivity contribution in [3.05, 3.63) is 53.1 Å². The van der Waals surface area contributed by atoms with Gasteiger partial charge in [-0.2, -0.15) is 9.61 Å². The molecule has 22 heavy (non-hydrogen) atoms. The molecule has 0 saturated heterocycles. The third-order valence-corrected chi connectivity index (χ3v) is 3.69. The molecule has 0 aliphatic carbocycles. The van der Waals surface area contributed by atoms with Gasteiger partial charge in [0.1, 0.15) is 5.82 Å². The number of rotatable bonds is 4. The third-order valence-electron chi connectivity index (χ3n) is 3.69. The van der Waals surface area contributed by atoms with Crippen LogP contribution in [-0.4, -0.2) is 25.6 Å². The first-order valence-corrected chi connectivity index (χ1v) is 7.54. The average Bonchev–Trinajstić information content (AvgIpc) is 2.82. The quantitative estimate of drug-likeness (QED) is 0.803. The molecule has 3 aromatic rings. The highest BCUT2D eigenvalue weighted by Gasteiger charge is 2.11. The maximum absolute atomic E-state index is 4.51. The van der Waals surface area contributed by atoms with Crippen molar-refractivity contribution in [1.82, 2.24) is 19.6 Å². The summed E-state index contributed by atoms with van der Waals surface area (Å²) >= 11 is 0. The van der Waals surface area contributed by atoms with E-state index >= 15 is 0 Å². The van der Waals surface area contributed by atoms with Gasteiger partial charge in [-0.25, -0.2) is 4.98 Å². The number of hydrogen-bond acceptors (Lipinski definition) is 4. The second-order valence-electron chi connectivity index (χ2n) is 5.85. The normalized spacial score (nSPS) is 12.5. The van der Waals surface area contributed by atoms with Gasteiger partial charge >= 0.3 is 0 Å². The number of aromatic nitrogens is 4. The molecule has 1 atom stereocenters. The van der Waals surface area contributed by atoms with Crippen LogP contribution in [0.3, 0.4) is 0 Å². The average molecular weight is 295 g/mol. The maximum atomic E-state index is 4.51. The summed E-state index contributed by atoms with van der Waals surface area (Å²) in [5.74, 6) is 0.969. The Morgan fingerprint density at radius 2 is 2.00 bits per heavy atom. The molecule has 1 N–H and O–H groups in total. The van der Waals surface area contributed by atoms with E-state index in [4.69, 9.17) is 0 Å². The summed E-state index contributed by atoms with van der Waals surface area (Å²) in [6, 6.07) is 8.34. The minimum Gasteiger partial charge on any atom is -0.367 e. The van der Waals surface area contributed by atoms with Crippen molar-refractivity contribution in [2.45, 2.75) is 40.2 Å². The molecule has 0 spiro atoms.